The summed E-state index contributed by atoms with van der Waals surface area (Å²) in [6.07, 6.45) is 2.64. The molecule has 1 N–H and O–H groups in total. The van der Waals surface area contributed by atoms with E-state index in [-0.39, 0.29) is 0 Å². The lowest BCUT2D eigenvalue weighted by molar-refractivity contribution is 0.0955. The number of piperidine rings is 1. The van der Waals surface area contributed by atoms with Crippen LogP contribution in [-0.4, -0.2) is 36.6 Å². The fourth-order valence-electron chi connectivity index (χ4n) is 2.93. The molecule has 0 radical (unpaired) electrons. The molecule has 96 valence electrons. The molecule has 1 aromatic rings. The second-order valence-electron chi connectivity index (χ2n) is 4.82. The third-order valence-corrected chi connectivity index (χ3v) is 4.46. The van der Waals surface area contributed by atoms with Gasteiger partial charge in [0.2, 0.25) is 0 Å². The average molecular weight is 253 g/mol. The Kier molecular flexibility index (Phi) is 4.54. The van der Waals surface area contributed by atoms with Gasteiger partial charge in [-0.3, -0.25) is 4.90 Å². The van der Waals surface area contributed by atoms with E-state index in [0.717, 1.165) is 13.1 Å². The molecule has 2 unspecified atom stereocenters. The average Bonchev–Trinajstić information content (AvgIpc) is 2.75. The zero-order valence-electron chi connectivity index (χ0n) is 11.1. The van der Waals surface area contributed by atoms with Gasteiger partial charge in [0, 0.05) is 5.38 Å². The van der Waals surface area contributed by atoms with Crippen molar-refractivity contribution >= 4 is 11.3 Å². The molecule has 0 amide bonds. The fourth-order valence-corrected chi connectivity index (χ4v) is 3.57. The zero-order valence-corrected chi connectivity index (χ0v) is 11.9. The van der Waals surface area contributed by atoms with Gasteiger partial charge in [-0.25, -0.2) is 4.98 Å². The normalized spacial score (nSPS) is 26.3. The smallest absolute Gasteiger partial charge is 0.0898 e. The summed E-state index contributed by atoms with van der Waals surface area (Å²) < 4.78 is 0. The van der Waals surface area contributed by atoms with Gasteiger partial charge >= 0.3 is 0 Å². The second kappa shape index (κ2) is 5.94. The number of hydrogen-bond acceptors (Lipinski definition) is 4. The van der Waals surface area contributed by atoms with Crippen LogP contribution in [0.15, 0.2) is 5.38 Å². The molecule has 0 aromatic carbocycles. The number of rotatable bonds is 4. The number of aryl methyl sites for hydroxylation is 1. The Morgan fingerprint density at radius 1 is 1.59 bits per heavy atom. The summed E-state index contributed by atoms with van der Waals surface area (Å²) in [5.74, 6) is 0.704. The maximum absolute atomic E-state index is 4.71. The van der Waals surface area contributed by atoms with Gasteiger partial charge < -0.3 is 5.32 Å². The first kappa shape index (κ1) is 13.0. The Balaban J connectivity index is 2.21. The van der Waals surface area contributed by atoms with Crippen molar-refractivity contribution in [3.63, 3.8) is 0 Å². The van der Waals surface area contributed by atoms with Crippen LogP contribution in [0, 0.1) is 12.8 Å². The van der Waals surface area contributed by atoms with Gasteiger partial charge in [-0.1, -0.05) is 6.92 Å². The summed E-state index contributed by atoms with van der Waals surface area (Å²) in [7, 11) is 2.05. The molecule has 4 heteroatoms. The van der Waals surface area contributed by atoms with Crippen LogP contribution in [0.1, 0.15) is 36.5 Å². The minimum atomic E-state index is 0.520. The topological polar surface area (TPSA) is 28.2 Å². The van der Waals surface area contributed by atoms with Crippen LogP contribution in [0.3, 0.4) is 0 Å². The van der Waals surface area contributed by atoms with Crippen LogP contribution >= 0.6 is 11.3 Å². The Labute approximate surface area is 108 Å². The summed E-state index contributed by atoms with van der Waals surface area (Å²) in [4.78, 5) is 7.30. The summed E-state index contributed by atoms with van der Waals surface area (Å²) in [6.45, 7) is 7.80. The van der Waals surface area contributed by atoms with Gasteiger partial charge in [-0.2, -0.15) is 0 Å². The lowest BCUT2D eigenvalue weighted by Crippen LogP contribution is -2.42. The highest BCUT2D eigenvalue weighted by molar-refractivity contribution is 7.09. The Morgan fingerprint density at radius 2 is 2.41 bits per heavy atom. The molecule has 0 spiro atoms. The molecule has 3 nitrogen and oxygen atoms in total. The van der Waals surface area contributed by atoms with E-state index in [1.165, 1.54) is 30.1 Å². The number of nitrogens with zero attached hydrogens (tertiary/aromatic N) is 2. The van der Waals surface area contributed by atoms with Gasteiger partial charge in [-0.15, -0.1) is 11.3 Å². The van der Waals surface area contributed by atoms with E-state index in [9.17, 15) is 0 Å². The van der Waals surface area contributed by atoms with E-state index in [4.69, 9.17) is 4.98 Å². The van der Waals surface area contributed by atoms with Gasteiger partial charge in [0.1, 0.15) is 0 Å². The monoisotopic (exact) mass is 253 g/mol. The molecule has 2 atom stereocenters. The van der Waals surface area contributed by atoms with Crippen molar-refractivity contribution in [3.8, 4) is 0 Å². The number of aromatic nitrogens is 1. The highest BCUT2D eigenvalue weighted by atomic mass is 32.1. The highest BCUT2D eigenvalue weighted by Crippen LogP contribution is 2.35. The molecule has 1 saturated heterocycles. The van der Waals surface area contributed by atoms with Crippen LogP contribution < -0.4 is 5.32 Å². The Hall–Kier alpha value is -0.450. The number of thiazole rings is 1. The van der Waals surface area contributed by atoms with Crippen LogP contribution in [0.2, 0.25) is 0 Å². The molecule has 1 aliphatic heterocycles. The van der Waals surface area contributed by atoms with Crippen molar-refractivity contribution in [1.82, 2.24) is 15.2 Å². The van der Waals surface area contributed by atoms with E-state index < -0.39 is 0 Å². The van der Waals surface area contributed by atoms with Gasteiger partial charge in [0.15, 0.2) is 0 Å². The molecule has 2 heterocycles. The number of likely N-dealkylation sites (tertiary alicyclic amines) is 1. The van der Waals surface area contributed by atoms with Crippen LogP contribution in [0.4, 0.5) is 0 Å². The van der Waals surface area contributed by atoms with Gasteiger partial charge in [-0.05, 0) is 52.4 Å². The molecule has 0 aliphatic carbocycles. The van der Waals surface area contributed by atoms with E-state index in [1.807, 2.05) is 7.05 Å². The van der Waals surface area contributed by atoms with Crippen molar-refractivity contribution in [2.24, 2.45) is 5.92 Å². The molecule has 1 aromatic heterocycles. The van der Waals surface area contributed by atoms with Crippen molar-refractivity contribution in [3.05, 3.63) is 16.1 Å². The van der Waals surface area contributed by atoms with Crippen LogP contribution in [0.25, 0.3) is 0 Å². The van der Waals surface area contributed by atoms with Crippen molar-refractivity contribution < 1.29 is 0 Å². The van der Waals surface area contributed by atoms with Crippen molar-refractivity contribution in [1.29, 1.82) is 0 Å². The molecule has 1 aliphatic rings. The van der Waals surface area contributed by atoms with E-state index in [0.29, 0.717) is 12.0 Å². The third kappa shape index (κ3) is 2.87. The molecule has 2 rings (SSSR count). The summed E-state index contributed by atoms with van der Waals surface area (Å²) in [5.41, 5.74) is 1.29. The van der Waals surface area contributed by atoms with E-state index in [1.54, 1.807) is 11.3 Å². The Morgan fingerprint density at radius 3 is 3.00 bits per heavy atom. The first-order valence-electron chi connectivity index (χ1n) is 6.57. The van der Waals surface area contributed by atoms with E-state index in [2.05, 4.69) is 29.4 Å². The maximum atomic E-state index is 4.71. The van der Waals surface area contributed by atoms with E-state index >= 15 is 0 Å². The SMILES string of the molecule is CCN1CCCC(CNC)C1c1csc(C)n1. The quantitative estimate of drug-likeness (QED) is 0.893. The summed E-state index contributed by atoms with van der Waals surface area (Å²) in [5, 5.41) is 6.77. The predicted octanol–water partition coefficient (Wildman–Crippen LogP) is 2.44. The first-order chi connectivity index (χ1) is 8.26. The minimum absolute atomic E-state index is 0.520. The minimum Gasteiger partial charge on any atom is -0.319 e. The van der Waals surface area contributed by atoms with Gasteiger partial charge in [0.25, 0.3) is 0 Å². The van der Waals surface area contributed by atoms with Crippen LogP contribution in [0.5, 0.6) is 0 Å². The fraction of sp³-hybridized carbons (Fsp3) is 0.769. The molecule has 1 fully saturated rings. The molecular weight excluding hydrogens is 230 g/mol. The molecular formula is C13H23N3S. The van der Waals surface area contributed by atoms with Gasteiger partial charge in [0.05, 0.1) is 16.7 Å². The van der Waals surface area contributed by atoms with Crippen LogP contribution in [-0.2, 0) is 0 Å². The third-order valence-electron chi connectivity index (χ3n) is 3.67. The number of hydrogen-bond donors (Lipinski definition) is 1. The second-order valence-corrected chi connectivity index (χ2v) is 5.89. The zero-order chi connectivity index (χ0) is 12.3. The number of nitrogens with one attached hydrogen (secondary N) is 1. The lowest BCUT2D eigenvalue weighted by Gasteiger charge is -2.40. The summed E-state index contributed by atoms with van der Waals surface area (Å²) >= 11 is 1.77. The molecule has 0 saturated carbocycles. The molecule has 0 bridgehead atoms. The predicted molar refractivity (Wildman–Crippen MR) is 73.5 cm³/mol. The standard InChI is InChI=1S/C13H23N3S/c1-4-16-7-5-6-11(8-14-3)13(16)12-9-17-10(2)15-12/h9,11,13-14H,4-8H2,1-3H3. The Bertz CT molecular complexity index is 348. The lowest BCUT2D eigenvalue weighted by atomic mass is 9.87. The summed E-state index contributed by atoms with van der Waals surface area (Å²) in [6, 6.07) is 0.520. The highest BCUT2D eigenvalue weighted by Gasteiger charge is 2.32. The van der Waals surface area contributed by atoms with Crippen molar-refractivity contribution in [2.45, 2.75) is 32.7 Å². The molecule has 17 heavy (non-hydrogen) atoms. The largest absolute Gasteiger partial charge is 0.319 e. The maximum Gasteiger partial charge on any atom is 0.0898 e. The first-order valence-corrected chi connectivity index (χ1v) is 7.45. The van der Waals surface area contributed by atoms with Crippen molar-refractivity contribution in [2.75, 3.05) is 26.7 Å².